The van der Waals surface area contributed by atoms with Crippen molar-refractivity contribution in [3.8, 4) is 11.9 Å². The lowest BCUT2D eigenvalue weighted by molar-refractivity contribution is 0.122. The second-order valence-corrected chi connectivity index (χ2v) is 5.31. The van der Waals surface area contributed by atoms with Gasteiger partial charge < -0.3 is 9.64 Å². The van der Waals surface area contributed by atoms with Gasteiger partial charge in [0.05, 0.1) is 0 Å². The number of nitrogens with zero attached hydrogens (tertiary/aromatic N) is 3. The first-order chi connectivity index (χ1) is 9.11. The maximum Gasteiger partial charge on any atom is 0.232 e. The zero-order valence-electron chi connectivity index (χ0n) is 11.9. The lowest BCUT2D eigenvalue weighted by Crippen LogP contribution is -2.40. The van der Waals surface area contributed by atoms with Gasteiger partial charge in [-0.2, -0.15) is 5.26 Å². The van der Waals surface area contributed by atoms with Gasteiger partial charge in [-0.25, -0.2) is 4.98 Å². The maximum atomic E-state index is 9.20. The number of hydrogen-bond acceptors (Lipinski definition) is 4. The molecular weight excluding hydrogens is 238 g/mol. The minimum Gasteiger partial charge on any atom is -0.475 e. The highest BCUT2D eigenvalue weighted by molar-refractivity contribution is 5.45. The molecule has 0 amide bonds. The third-order valence-corrected chi connectivity index (χ3v) is 3.76. The van der Waals surface area contributed by atoms with E-state index in [9.17, 15) is 5.26 Å². The molecule has 1 saturated heterocycles. The Labute approximate surface area is 115 Å². The van der Waals surface area contributed by atoms with E-state index >= 15 is 0 Å². The van der Waals surface area contributed by atoms with Crippen LogP contribution in [0.25, 0.3) is 0 Å². The Morgan fingerprint density at radius 3 is 2.95 bits per heavy atom. The van der Waals surface area contributed by atoms with Crippen molar-refractivity contribution in [1.82, 2.24) is 9.88 Å². The molecule has 1 atom stereocenters. The first-order valence-electron chi connectivity index (χ1n) is 6.83. The third kappa shape index (κ3) is 3.24. The van der Waals surface area contributed by atoms with Crippen LogP contribution in [0.5, 0.6) is 5.88 Å². The van der Waals surface area contributed by atoms with Gasteiger partial charge >= 0.3 is 0 Å². The number of hydrogen-bond donors (Lipinski definition) is 0. The Balaban J connectivity index is 2.09. The number of pyridine rings is 1. The fourth-order valence-corrected chi connectivity index (χ4v) is 2.57. The van der Waals surface area contributed by atoms with E-state index in [1.165, 1.54) is 12.8 Å². The highest BCUT2D eigenvalue weighted by Gasteiger charge is 2.20. The fraction of sp³-hybridized carbons (Fsp3) is 0.600. The summed E-state index contributed by atoms with van der Waals surface area (Å²) >= 11 is 0. The zero-order chi connectivity index (χ0) is 13.8. The molecule has 0 radical (unpaired) electrons. The van der Waals surface area contributed by atoms with Crippen LogP contribution < -0.4 is 4.74 Å². The maximum absolute atomic E-state index is 9.20. The van der Waals surface area contributed by atoms with Crippen molar-refractivity contribution in [2.45, 2.75) is 39.2 Å². The molecule has 1 fully saturated rings. The lowest BCUT2D eigenvalue weighted by Gasteiger charge is -2.32. The Hall–Kier alpha value is -1.60. The number of ether oxygens (including phenoxy) is 1. The highest BCUT2D eigenvalue weighted by atomic mass is 16.5. The van der Waals surface area contributed by atoms with Crippen LogP contribution in [0.3, 0.4) is 0 Å². The van der Waals surface area contributed by atoms with Gasteiger partial charge in [-0.1, -0.05) is 6.42 Å². The van der Waals surface area contributed by atoms with Crippen LogP contribution in [-0.4, -0.2) is 36.1 Å². The predicted octanol–water partition coefficient (Wildman–Crippen LogP) is 2.43. The average molecular weight is 259 g/mol. The number of rotatable bonds is 3. The minimum atomic E-state index is 0.433. The molecule has 0 N–H and O–H groups in total. The van der Waals surface area contributed by atoms with Gasteiger partial charge in [-0.15, -0.1) is 0 Å². The van der Waals surface area contributed by atoms with E-state index in [2.05, 4.69) is 23.0 Å². The molecule has 1 aromatic rings. The average Bonchev–Trinajstić information content (AvgIpc) is 2.37. The van der Waals surface area contributed by atoms with Crippen LogP contribution >= 0.6 is 0 Å². The number of aryl methyl sites for hydroxylation is 2. The summed E-state index contributed by atoms with van der Waals surface area (Å²) in [5.74, 6) is 0.485. The summed E-state index contributed by atoms with van der Waals surface area (Å²) in [6, 6.07) is 4.54. The van der Waals surface area contributed by atoms with Crippen molar-refractivity contribution in [3.63, 3.8) is 0 Å². The number of likely N-dealkylation sites (N-methyl/N-ethyl adjacent to an activating group) is 1. The molecular formula is C15H21N3O. The molecule has 102 valence electrons. The van der Waals surface area contributed by atoms with Crippen molar-refractivity contribution < 1.29 is 4.74 Å². The molecule has 0 spiro atoms. The molecule has 0 aromatic carbocycles. The van der Waals surface area contributed by atoms with E-state index in [1.54, 1.807) is 0 Å². The van der Waals surface area contributed by atoms with Crippen molar-refractivity contribution in [2.75, 3.05) is 20.2 Å². The van der Waals surface area contributed by atoms with Gasteiger partial charge in [-0.05, 0) is 51.9 Å². The second kappa shape index (κ2) is 6.03. The Kier molecular flexibility index (Phi) is 4.39. The quantitative estimate of drug-likeness (QED) is 0.836. The summed E-state index contributed by atoms with van der Waals surface area (Å²) in [5.41, 5.74) is 2.38. The monoisotopic (exact) mass is 259 g/mol. The number of aromatic nitrogens is 1. The molecule has 1 unspecified atom stereocenters. The topological polar surface area (TPSA) is 49.1 Å². The first-order valence-corrected chi connectivity index (χ1v) is 6.83. The van der Waals surface area contributed by atoms with E-state index in [-0.39, 0.29) is 0 Å². The molecule has 1 aromatic heterocycles. The largest absolute Gasteiger partial charge is 0.475 e. The Morgan fingerprint density at radius 2 is 2.26 bits per heavy atom. The van der Waals surface area contributed by atoms with E-state index < -0.39 is 0 Å². The van der Waals surface area contributed by atoms with E-state index in [1.807, 2.05) is 19.9 Å². The van der Waals surface area contributed by atoms with E-state index in [4.69, 9.17) is 4.74 Å². The van der Waals surface area contributed by atoms with Gasteiger partial charge in [-0.3, -0.25) is 0 Å². The molecule has 4 heteroatoms. The van der Waals surface area contributed by atoms with Crippen molar-refractivity contribution in [3.05, 3.63) is 22.9 Å². The standard InChI is InChI=1S/C15H21N3O/c1-11-8-12(2)17-15(14(11)9-16)19-10-13-6-4-5-7-18(13)3/h8,13H,4-7,10H2,1-3H3. The predicted molar refractivity (Wildman–Crippen MR) is 74.2 cm³/mol. The number of nitriles is 1. The van der Waals surface area contributed by atoms with Crippen LogP contribution in [0.4, 0.5) is 0 Å². The number of likely N-dealkylation sites (tertiary alicyclic amines) is 1. The summed E-state index contributed by atoms with van der Waals surface area (Å²) in [7, 11) is 2.13. The fourth-order valence-electron chi connectivity index (χ4n) is 2.57. The van der Waals surface area contributed by atoms with Crippen LogP contribution in [0.15, 0.2) is 6.07 Å². The molecule has 0 bridgehead atoms. The van der Waals surface area contributed by atoms with Crippen LogP contribution in [0, 0.1) is 25.2 Å². The number of piperidine rings is 1. The molecule has 1 aliphatic rings. The SMILES string of the molecule is Cc1cc(C)c(C#N)c(OCC2CCCCN2C)n1. The summed E-state index contributed by atoms with van der Waals surface area (Å²) in [6.07, 6.45) is 3.67. The lowest BCUT2D eigenvalue weighted by atomic mass is 10.0. The summed E-state index contributed by atoms with van der Waals surface area (Å²) in [5, 5.41) is 9.20. The normalized spacial score (nSPS) is 20.0. The van der Waals surface area contributed by atoms with Gasteiger partial charge in [0.1, 0.15) is 18.2 Å². The highest BCUT2D eigenvalue weighted by Crippen LogP contribution is 2.22. The second-order valence-electron chi connectivity index (χ2n) is 5.31. The Bertz CT molecular complexity index is 493. The van der Waals surface area contributed by atoms with Crippen LogP contribution in [0.2, 0.25) is 0 Å². The smallest absolute Gasteiger partial charge is 0.232 e. The molecule has 0 saturated carbocycles. The van der Waals surface area contributed by atoms with Gasteiger partial charge in [0, 0.05) is 11.7 Å². The first kappa shape index (κ1) is 13.8. The molecule has 1 aliphatic heterocycles. The van der Waals surface area contributed by atoms with Crippen molar-refractivity contribution in [2.24, 2.45) is 0 Å². The minimum absolute atomic E-state index is 0.433. The Morgan fingerprint density at radius 1 is 1.47 bits per heavy atom. The molecule has 4 nitrogen and oxygen atoms in total. The molecule has 19 heavy (non-hydrogen) atoms. The van der Waals surface area contributed by atoms with Gasteiger partial charge in [0.15, 0.2) is 0 Å². The molecule has 2 rings (SSSR count). The molecule has 0 aliphatic carbocycles. The summed E-state index contributed by atoms with van der Waals surface area (Å²) in [4.78, 5) is 6.68. The van der Waals surface area contributed by atoms with Crippen LogP contribution in [-0.2, 0) is 0 Å². The molecule has 2 heterocycles. The van der Waals surface area contributed by atoms with Gasteiger partial charge in [0.2, 0.25) is 5.88 Å². The van der Waals surface area contributed by atoms with E-state index in [0.29, 0.717) is 24.1 Å². The van der Waals surface area contributed by atoms with Crippen LogP contribution in [0.1, 0.15) is 36.1 Å². The zero-order valence-corrected chi connectivity index (χ0v) is 11.9. The van der Waals surface area contributed by atoms with Gasteiger partial charge in [0.25, 0.3) is 0 Å². The summed E-state index contributed by atoms with van der Waals surface area (Å²) in [6.45, 7) is 5.58. The van der Waals surface area contributed by atoms with E-state index in [0.717, 1.165) is 24.2 Å². The summed E-state index contributed by atoms with van der Waals surface area (Å²) < 4.78 is 5.82. The van der Waals surface area contributed by atoms with Crippen molar-refractivity contribution in [1.29, 1.82) is 5.26 Å². The van der Waals surface area contributed by atoms with Crippen molar-refractivity contribution >= 4 is 0 Å². The third-order valence-electron chi connectivity index (χ3n) is 3.76.